The summed E-state index contributed by atoms with van der Waals surface area (Å²) in [5.74, 6) is -0.113. The van der Waals surface area contributed by atoms with Gasteiger partial charge in [-0.05, 0) is 54.4 Å². The maximum atomic E-state index is 13.6. The van der Waals surface area contributed by atoms with Gasteiger partial charge in [0.15, 0.2) is 0 Å². The molecule has 1 aliphatic rings. The van der Waals surface area contributed by atoms with Crippen molar-refractivity contribution in [2.24, 2.45) is 0 Å². The van der Waals surface area contributed by atoms with Crippen molar-refractivity contribution in [3.63, 3.8) is 0 Å². The average Bonchev–Trinajstić information content (AvgIpc) is 3.42. The number of amides is 2. The molecular formula is C28H31BrFN3O4. The molecule has 1 fully saturated rings. The molecule has 1 aliphatic heterocycles. The molecule has 0 radical (unpaired) electrons. The highest BCUT2D eigenvalue weighted by Crippen LogP contribution is 2.16. The predicted molar refractivity (Wildman–Crippen MR) is 141 cm³/mol. The van der Waals surface area contributed by atoms with Crippen LogP contribution in [-0.4, -0.2) is 72.5 Å². The van der Waals surface area contributed by atoms with Gasteiger partial charge in [0.1, 0.15) is 18.1 Å². The fourth-order valence-corrected chi connectivity index (χ4v) is 4.66. The highest BCUT2D eigenvalue weighted by atomic mass is 79.9. The molecule has 0 bridgehead atoms. The maximum Gasteiger partial charge on any atom is 0.254 e. The Labute approximate surface area is 224 Å². The molecule has 2 aromatic carbocycles. The normalized spacial score (nSPS) is 13.9. The van der Waals surface area contributed by atoms with Gasteiger partial charge >= 0.3 is 0 Å². The number of benzene rings is 2. The molecule has 3 aromatic rings. The lowest BCUT2D eigenvalue weighted by Gasteiger charge is -2.30. The van der Waals surface area contributed by atoms with E-state index in [1.165, 1.54) is 12.1 Å². The van der Waals surface area contributed by atoms with Crippen LogP contribution >= 0.6 is 15.9 Å². The molecule has 2 heterocycles. The van der Waals surface area contributed by atoms with E-state index in [1.54, 1.807) is 52.5 Å². The van der Waals surface area contributed by atoms with Crippen LogP contribution < -0.4 is 0 Å². The zero-order valence-corrected chi connectivity index (χ0v) is 22.2. The van der Waals surface area contributed by atoms with Gasteiger partial charge in [-0.2, -0.15) is 0 Å². The van der Waals surface area contributed by atoms with Crippen LogP contribution in [-0.2, 0) is 22.6 Å². The second-order valence-corrected chi connectivity index (χ2v) is 9.92. The Bertz CT molecular complexity index is 1150. The van der Waals surface area contributed by atoms with E-state index >= 15 is 0 Å². The first-order valence-electron chi connectivity index (χ1n) is 12.4. The van der Waals surface area contributed by atoms with Gasteiger partial charge in [0, 0.05) is 42.8 Å². The fraction of sp³-hybridized carbons (Fsp3) is 0.357. The van der Waals surface area contributed by atoms with E-state index < -0.39 is 0 Å². The van der Waals surface area contributed by atoms with Gasteiger partial charge in [-0.3, -0.25) is 14.5 Å². The second-order valence-electron chi connectivity index (χ2n) is 9.00. The monoisotopic (exact) mass is 571 g/mol. The number of carbonyl (C=O) groups is 2. The molecule has 196 valence electrons. The number of halogens is 2. The lowest BCUT2D eigenvalue weighted by atomic mass is 10.1. The van der Waals surface area contributed by atoms with Crippen LogP contribution in [0.3, 0.4) is 0 Å². The molecule has 37 heavy (non-hydrogen) atoms. The van der Waals surface area contributed by atoms with Crippen molar-refractivity contribution >= 4 is 27.7 Å². The molecule has 4 rings (SSSR count). The van der Waals surface area contributed by atoms with Gasteiger partial charge in [-0.15, -0.1) is 0 Å². The van der Waals surface area contributed by atoms with Gasteiger partial charge in [0.05, 0.1) is 26.0 Å². The largest absolute Gasteiger partial charge is 0.467 e. The molecular weight excluding hydrogens is 541 g/mol. The predicted octanol–water partition coefficient (Wildman–Crippen LogP) is 4.57. The quantitative estimate of drug-likeness (QED) is 0.337. The van der Waals surface area contributed by atoms with Crippen LogP contribution in [0.25, 0.3) is 0 Å². The van der Waals surface area contributed by atoms with Crippen LogP contribution in [0.1, 0.15) is 28.1 Å². The van der Waals surface area contributed by atoms with E-state index in [2.05, 4.69) is 20.8 Å². The van der Waals surface area contributed by atoms with E-state index in [0.717, 1.165) is 36.1 Å². The highest BCUT2D eigenvalue weighted by molar-refractivity contribution is 9.10. The number of carbonyl (C=O) groups excluding carboxylic acids is 2. The van der Waals surface area contributed by atoms with Crippen LogP contribution in [0.4, 0.5) is 4.39 Å². The Hall–Kier alpha value is -3.01. The number of nitrogens with zero attached hydrogens (tertiary/aromatic N) is 3. The Balaban J connectivity index is 1.49. The molecule has 0 N–H and O–H groups in total. The van der Waals surface area contributed by atoms with Gasteiger partial charge in [-0.1, -0.05) is 34.1 Å². The first kappa shape index (κ1) is 27.0. The third kappa shape index (κ3) is 8.24. The van der Waals surface area contributed by atoms with Crippen molar-refractivity contribution in [3.8, 4) is 0 Å². The summed E-state index contributed by atoms with van der Waals surface area (Å²) in [5, 5.41) is 0. The first-order chi connectivity index (χ1) is 18.0. The summed E-state index contributed by atoms with van der Waals surface area (Å²) in [6.07, 6.45) is 2.30. The van der Waals surface area contributed by atoms with Crippen molar-refractivity contribution in [2.75, 3.05) is 45.9 Å². The van der Waals surface area contributed by atoms with Crippen LogP contribution in [0.15, 0.2) is 75.8 Å². The van der Waals surface area contributed by atoms with Crippen LogP contribution in [0.2, 0.25) is 0 Å². The standard InChI is InChI=1S/C28H31BrFN3O4/c29-24-5-1-4-23(18-24)28(35)32(12-3-11-31-13-16-36-17-14-31)21-27(34)33(20-26-6-2-15-37-26)19-22-7-9-25(30)10-8-22/h1-2,4-10,15,18H,3,11-14,16-17,19-21H2. The van der Waals surface area contributed by atoms with Crippen molar-refractivity contribution in [1.29, 1.82) is 0 Å². The number of hydrogen-bond acceptors (Lipinski definition) is 5. The topological polar surface area (TPSA) is 66.2 Å². The van der Waals surface area contributed by atoms with Gasteiger partial charge < -0.3 is 19.0 Å². The molecule has 0 atom stereocenters. The van der Waals surface area contributed by atoms with Crippen molar-refractivity contribution < 1.29 is 23.1 Å². The van der Waals surface area contributed by atoms with E-state index in [0.29, 0.717) is 31.1 Å². The van der Waals surface area contributed by atoms with Gasteiger partial charge in [0.2, 0.25) is 5.91 Å². The fourth-order valence-electron chi connectivity index (χ4n) is 4.26. The van der Waals surface area contributed by atoms with Crippen molar-refractivity contribution in [1.82, 2.24) is 14.7 Å². The minimum atomic E-state index is -0.335. The zero-order valence-electron chi connectivity index (χ0n) is 20.7. The Morgan fingerprint density at radius 3 is 2.46 bits per heavy atom. The SMILES string of the molecule is O=C(CN(CCCN1CCOCC1)C(=O)c1cccc(Br)c1)N(Cc1ccc(F)cc1)Cc1ccco1. The zero-order chi connectivity index (χ0) is 26.0. The molecule has 1 saturated heterocycles. The van der Waals surface area contributed by atoms with E-state index in [4.69, 9.17) is 9.15 Å². The summed E-state index contributed by atoms with van der Waals surface area (Å²) in [5.41, 5.74) is 1.31. The number of furan rings is 1. The molecule has 9 heteroatoms. The molecule has 0 unspecified atom stereocenters. The summed E-state index contributed by atoms with van der Waals surface area (Å²) >= 11 is 3.43. The first-order valence-corrected chi connectivity index (χ1v) is 13.2. The lowest BCUT2D eigenvalue weighted by molar-refractivity contribution is -0.133. The third-order valence-corrected chi connectivity index (χ3v) is 6.75. The molecule has 0 spiro atoms. The molecule has 0 saturated carbocycles. The third-order valence-electron chi connectivity index (χ3n) is 6.26. The summed E-state index contributed by atoms with van der Waals surface area (Å²) in [6.45, 7) is 4.87. The van der Waals surface area contributed by atoms with Crippen LogP contribution in [0, 0.1) is 5.82 Å². The number of rotatable bonds is 11. The highest BCUT2D eigenvalue weighted by Gasteiger charge is 2.24. The Morgan fingerprint density at radius 1 is 0.973 bits per heavy atom. The average molecular weight is 572 g/mol. The van der Waals surface area contributed by atoms with E-state index in [9.17, 15) is 14.0 Å². The van der Waals surface area contributed by atoms with E-state index in [-0.39, 0.29) is 37.3 Å². The molecule has 1 aromatic heterocycles. The van der Waals surface area contributed by atoms with Gasteiger partial charge in [-0.25, -0.2) is 4.39 Å². The van der Waals surface area contributed by atoms with Gasteiger partial charge in [0.25, 0.3) is 5.91 Å². The van der Waals surface area contributed by atoms with E-state index in [1.807, 2.05) is 12.1 Å². The molecule has 0 aliphatic carbocycles. The second kappa shape index (κ2) is 13.5. The Kier molecular flexibility index (Phi) is 9.87. The Morgan fingerprint density at radius 2 is 1.76 bits per heavy atom. The number of hydrogen-bond donors (Lipinski definition) is 0. The van der Waals surface area contributed by atoms with Crippen molar-refractivity contribution in [2.45, 2.75) is 19.5 Å². The maximum absolute atomic E-state index is 13.6. The smallest absolute Gasteiger partial charge is 0.254 e. The number of ether oxygens (including phenoxy) is 1. The number of morpholine rings is 1. The van der Waals surface area contributed by atoms with Crippen molar-refractivity contribution in [3.05, 3.63) is 94.1 Å². The minimum absolute atomic E-state index is 0.0731. The summed E-state index contributed by atoms with van der Waals surface area (Å²) < 4.78 is 25.1. The summed E-state index contributed by atoms with van der Waals surface area (Å²) in [6, 6.07) is 16.8. The molecule has 7 nitrogen and oxygen atoms in total. The molecule has 2 amide bonds. The summed E-state index contributed by atoms with van der Waals surface area (Å²) in [4.78, 5) is 32.6. The van der Waals surface area contributed by atoms with Crippen LogP contribution in [0.5, 0.6) is 0 Å². The lowest BCUT2D eigenvalue weighted by Crippen LogP contribution is -2.44. The minimum Gasteiger partial charge on any atom is -0.467 e. The summed E-state index contributed by atoms with van der Waals surface area (Å²) in [7, 11) is 0.